The Morgan fingerprint density at radius 2 is 1.07 bits per heavy atom. The summed E-state index contributed by atoms with van der Waals surface area (Å²) >= 11 is 10.1. The van der Waals surface area contributed by atoms with Crippen molar-refractivity contribution in [3.63, 3.8) is 0 Å². The summed E-state index contributed by atoms with van der Waals surface area (Å²) in [7, 11) is 0. The van der Waals surface area contributed by atoms with Crippen LogP contribution in [0.5, 0.6) is 0 Å². The Labute approximate surface area is 395 Å². The van der Waals surface area contributed by atoms with Gasteiger partial charge in [-0.25, -0.2) is 0 Å². The van der Waals surface area contributed by atoms with Crippen LogP contribution in [0, 0.1) is 11.3 Å². The van der Waals surface area contributed by atoms with Gasteiger partial charge in [-0.2, -0.15) is 0 Å². The molecule has 4 aromatic rings. The smallest absolute Gasteiger partial charge is 1.00 e. The van der Waals surface area contributed by atoms with Crippen molar-refractivity contribution in [3.8, 4) is 11.1 Å². The molecule has 6 rings (SSSR count). The maximum Gasteiger partial charge on any atom is -1.00 e. The molecule has 0 saturated heterocycles. The summed E-state index contributed by atoms with van der Waals surface area (Å²) in [4.78, 5) is 0. The predicted octanol–water partition coefficient (Wildman–Crippen LogP) is 9.95. The van der Waals surface area contributed by atoms with E-state index in [9.17, 15) is 0 Å². The maximum absolute atomic E-state index is 6.70. The molecule has 1 unspecified atom stereocenters. The number of hydrogen-bond acceptors (Lipinski definition) is 0. The zero-order chi connectivity index (χ0) is 42.9. The number of fused-ring (bicyclic) bond motifs is 3. The number of allylic oxidation sites excluding steroid dienone is 4. The van der Waals surface area contributed by atoms with Crippen molar-refractivity contribution in [2.75, 3.05) is 0 Å². The van der Waals surface area contributed by atoms with Crippen LogP contribution in [0.4, 0.5) is 0 Å². The van der Waals surface area contributed by atoms with Crippen molar-refractivity contribution in [2.24, 2.45) is 11.3 Å². The van der Waals surface area contributed by atoms with Crippen LogP contribution in [-0.2, 0) is 49.3 Å². The Morgan fingerprint density at radius 3 is 1.50 bits per heavy atom. The minimum Gasteiger partial charge on any atom is -1.00 e. The molecule has 0 radical (unpaired) electrons. The molecular formula is C55H70Cl4Zr. The third kappa shape index (κ3) is 10.4. The molecule has 1 atom stereocenters. The van der Waals surface area contributed by atoms with E-state index in [2.05, 4.69) is 190 Å². The Balaban J connectivity index is 0.00000397. The molecule has 4 aromatic carbocycles. The van der Waals surface area contributed by atoms with Crippen molar-refractivity contribution in [1.82, 2.24) is 0 Å². The molecule has 2 aliphatic carbocycles. The van der Waals surface area contributed by atoms with Crippen LogP contribution in [0.1, 0.15) is 175 Å². The molecule has 0 spiro atoms. The van der Waals surface area contributed by atoms with Gasteiger partial charge in [0, 0.05) is 0 Å². The third-order valence-corrected chi connectivity index (χ3v) is 20.8. The summed E-state index contributed by atoms with van der Waals surface area (Å²) in [5.41, 5.74) is 16.0. The predicted molar refractivity (Wildman–Crippen MR) is 254 cm³/mol. The molecule has 0 nitrogen and oxygen atoms in total. The first kappa shape index (κ1) is 50.9. The Bertz CT molecular complexity index is 2250. The van der Waals surface area contributed by atoms with Crippen molar-refractivity contribution >= 4 is 29.7 Å². The zero-order valence-electron chi connectivity index (χ0n) is 39.4. The minimum atomic E-state index is -3.28. The van der Waals surface area contributed by atoms with E-state index in [4.69, 9.17) is 23.2 Å². The fourth-order valence-corrected chi connectivity index (χ4v) is 19.3. The second-order valence-corrected chi connectivity index (χ2v) is 29.0. The van der Waals surface area contributed by atoms with Crippen LogP contribution in [0.15, 0.2) is 87.7 Å². The summed E-state index contributed by atoms with van der Waals surface area (Å²) < 4.78 is 4.92. The van der Waals surface area contributed by atoms with Gasteiger partial charge in [0.2, 0.25) is 0 Å². The molecule has 5 heteroatoms. The standard InChI is InChI=1S/C29H41.C13H8Cl2.C13H21.2ClH.Zr/c1-26(2,3)22-14-18-13-19-15-23(27(4,5)6)25(29(10,11)12)17-21(19)20(18)16-24(22)28(7,8)9;14-12-5-1-10(2-6-12)9-11-3-7-13(15)8-4-11;1-5-6-7-11-8-9-12(10-11)13(2,3)4;;;/h14,16-17H,13H2,1-12H3;1-8H;9-11H,5-7H2,1-4H3;2*1H;/q;;;;;+2/p-2. The van der Waals surface area contributed by atoms with E-state index in [1.54, 1.807) is 17.7 Å². The molecule has 0 N–H and O–H groups in total. The van der Waals surface area contributed by atoms with E-state index in [1.807, 2.05) is 0 Å². The van der Waals surface area contributed by atoms with E-state index in [0.717, 1.165) is 16.5 Å². The van der Waals surface area contributed by atoms with Gasteiger partial charge in [0.1, 0.15) is 0 Å². The molecule has 0 bridgehead atoms. The van der Waals surface area contributed by atoms with Crippen LogP contribution in [-0.4, -0.2) is 3.21 Å². The van der Waals surface area contributed by atoms with E-state index in [1.165, 1.54) is 72.5 Å². The zero-order valence-corrected chi connectivity index (χ0v) is 44.9. The first-order valence-corrected chi connectivity index (χ1v) is 26.3. The topological polar surface area (TPSA) is 0 Å². The summed E-state index contributed by atoms with van der Waals surface area (Å²) in [6.07, 6.45) is 9.93. The van der Waals surface area contributed by atoms with Crippen molar-refractivity contribution in [3.05, 3.63) is 142 Å². The summed E-state index contributed by atoms with van der Waals surface area (Å²) in [6, 6.07) is 25.5. The second-order valence-electron chi connectivity index (χ2n) is 22.4. The van der Waals surface area contributed by atoms with Gasteiger partial charge in [-0.05, 0) is 0 Å². The molecular weight excluding hydrogens is 894 g/mol. The Hall–Kier alpha value is -1.73. The van der Waals surface area contributed by atoms with Crippen molar-refractivity contribution in [2.45, 2.75) is 158 Å². The average molecular weight is 964 g/mol. The van der Waals surface area contributed by atoms with Gasteiger partial charge in [-0.3, -0.25) is 0 Å². The largest absolute Gasteiger partial charge is 1.00 e. The molecule has 0 aromatic heterocycles. The normalized spacial score (nSPS) is 15.2. The van der Waals surface area contributed by atoms with E-state index >= 15 is 0 Å². The van der Waals surface area contributed by atoms with Crippen LogP contribution >= 0.6 is 23.2 Å². The molecule has 322 valence electrons. The molecule has 0 fully saturated rings. The van der Waals surface area contributed by atoms with Crippen LogP contribution in [0.3, 0.4) is 0 Å². The molecule has 60 heavy (non-hydrogen) atoms. The first-order chi connectivity index (χ1) is 26.7. The minimum absolute atomic E-state index is 0. The number of hydrogen-bond donors (Lipinski definition) is 0. The monoisotopic (exact) mass is 960 g/mol. The Kier molecular flexibility index (Phi) is 15.6. The number of halogens is 4. The number of unbranched alkanes of at least 4 members (excludes halogenated alkanes) is 1. The number of rotatable bonds is 7. The maximum atomic E-state index is 6.70. The molecule has 0 saturated carbocycles. The third-order valence-electron chi connectivity index (χ3n) is 12.4. The van der Waals surface area contributed by atoms with E-state index < -0.39 is 21.3 Å². The van der Waals surface area contributed by atoms with Gasteiger partial charge < -0.3 is 24.8 Å². The summed E-state index contributed by atoms with van der Waals surface area (Å²) in [6.45, 7) is 38.6. The Morgan fingerprint density at radius 1 is 0.600 bits per heavy atom. The van der Waals surface area contributed by atoms with E-state index in [-0.39, 0.29) is 51.9 Å². The number of benzene rings is 4. The molecule has 0 amide bonds. The van der Waals surface area contributed by atoms with Crippen LogP contribution in [0.25, 0.3) is 11.1 Å². The van der Waals surface area contributed by atoms with Crippen LogP contribution < -0.4 is 28.1 Å². The summed E-state index contributed by atoms with van der Waals surface area (Å²) in [5, 5.41) is 1.54. The molecule has 0 heterocycles. The van der Waals surface area contributed by atoms with Gasteiger partial charge in [0.25, 0.3) is 0 Å². The van der Waals surface area contributed by atoms with Gasteiger partial charge in [0.15, 0.2) is 0 Å². The van der Waals surface area contributed by atoms with Gasteiger partial charge in [-0.1, -0.05) is 0 Å². The first-order valence-electron chi connectivity index (χ1n) is 21.8. The fraction of sp³-hybridized carbons (Fsp3) is 0.473. The van der Waals surface area contributed by atoms with Gasteiger partial charge in [0.05, 0.1) is 0 Å². The van der Waals surface area contributed by atoms with Gasteiger partial charge >= 0.3 is 374 Å². The molecule has 0 aliphatic heterocycles. The molecule has 2 aliphatic rings. The quantitative estimate of drug-likeness (QED) is 0.153. The van der Waals surface area contributed by atoms with Crippen LogP contribution in [0.2, 0.25) is 10.0 Å². The fourth-order valence-electron chi connectivity index (χ4n) is 9.39. The van der Waals surface area contributed by atoms with Crippen molar-refractivity contribution < 1.29 is 46.1 Å². The van der Waals surface area contributed by atoms with E-state index in [0.29, 0.717) is 5.92 Å². The van der Waals surface area contributed by atoms with Crippen molar-refractivity contribution in [1.29, 1.82) is 0 Å². The SMILES string of the molecule is CCCCC1C=C(C(C)(C)C)C=[C]1[Zr+2](=[C](c1ccc(Cl)cc1)c1ccc(Cl)cc1)[c]1c2c(cc(C(C)(C)C)c1C(C)(C)C)-c1cc(C(C)(C)C)c(C(C)(C)C)cc1C2.[Cl-].[Cl-]. The van der Waals surface area contributed by atoms with Gasteiger partial charge in [-0.15, -0.1) is 0 Å². The average Bonchev–Trinajstić information content (AvgIpc) is 3.69. The second kappa shape index (κ2) is 18.4. The summed E-state index contributed by atoms with van der Waals surface area (Å²) in [5.74, 6) is 0.406.